The summed E-state index contributed by atoms with van der Waals surface area (Å²) in [5.41, 5.74) is 6.90. The van der Waals surface area contributed by atoms with Gasteiger partial charge < -0.3 is 26.4 Å². The van der Waals surface area contributed by atoms with E-state index in [2.05, 4.69) is 25.8 Å². The number of nitrogens with one attached hydrogen (secondary N) is 1. The van der Waals surface area contributed by atoms with Crippen LogP contribution in [0.25, 0.3) is 10.8 Å². The number of nitrogen functional groups attached to an aromatic ring is 1. The van der Waals surface area contributed by atoms with Crippen LogP contribution in [-0.2, 0) is 10.1 Å². The molecule has 0 saturated heterocycles. The molecule has 1 amide bonds. The number of hydrogen-bond donors (Lipinski definition) is 6. The molecule has 0 fully saturated rings. The highest BCUT2D eigenvalue weighted by atomic mass is 32.2. The number of hydrogen-bond acceptors (Lipinski definition) is 11. The zero-order chi connectivity index (χ0) is 32.3. The molecule has 0 aliphatic heterocycles. The summed E-state index contributed by atoms with van der Waals surface area (Å²) in [4.78, 5) is 23.3. The van der Waals surface area contributed by atoms with Crippen molar-refractivity contribution >= 4 is 66.9 Å². The molecule has 15 heteroatoms. The van der Waals surface area contributed by atoms with Gasteiger partial charge in [0.15, 0.2) is 5.75 Å². The first-order chi connectivity index (χ1) is 21.4. The number of benzene rings is 5. The quantitative estimate of drug-likeness (QED) is 0.0598. The number of nitrogens with zero attached hydrogens (tertiary/aromatic N) is 4. The Morgan fingerprint density at radius 1 is 0.733 bits per heavy atom. The first-order valence-electron chi connectivity index (χ1n) is 12.8. The Kier molecular flexibility index (Phi) is 8.21. The Bertz CT molecular complexity index is 2130. The summed E-state index contributed by atoms with van der Waals surface area (Å²) in [7, 11) is -4.76. The van der Waals surface area contributed by atoms with E-state index in [0.717, 1.165) is 6.07 Å². The molecule has 0 aromatic heterocycles. The Labute approximate surface area is 254 Å². The molecule has 0 atom stereocenters. The number of nitrogens with two attached hydrogens (primary N) is 1. The molecule has 7 N–H and O–H groups in total. The molecule has 5 aromatic carbocycles. The first kappa shape index (κ1) is 30.3. The number of aromatic carboxylic acids is 1. The second kappa shape index (κ2) is 12.2. The Balaban J connectivity index is 1.28. The first-order valence-corrected chi connectivity index (χ1v) is 14.3. The summed E-state index contributed by atoms with van der Waals surface area (Å²) in [6, 6.07) is 21.5. The van der Waals surface area contributed by atoms with Crippen molar-refractivity contribution in [1.29, 1.82) is 0 Å². The minimum atomic E-state index is -4.76. The van der Waals surface area contributed by atoms with Crippen molar-refractivity contribution in [3.05, 3.63) is 102 Å². The normalized spacial score (nSPS) is 11.8. The lowest BCUT2D eigenvalue weighted by molar-refractivity contribution is 0.0693. The van der Waals surface area contributed by atoms with Crippen LogP contribution in [0.15, 0.2) is 116 Å². The topological polar surface area (TPSA) is 237 Å². The lowest BCUT2D eigenvalue weighted by atomic mass is 10.1. The van der Waals surface area contributed by atoms with Crippen LogP contribution < -0.4 is 11.1 Å². The monoisotopic (exact) mass is 626 g/mol. The van der Waals surface area contributed by atoms with Gasteiger partial charge in [-0.2, -0.15) is 23.8 Å². The maximum atomic E-state index is 12.7. The highest BCUT2D eigenvalue weighted by Gasteiger charge is 2.22. The van der Waals surface area contributed by atoms with Gasteiger partial charge in [-0.1, -0.05) is 6.07 Å². The van der Waals surface area contributed by atoms with Gasteiger partial charge >= 0.3 is 5.97 Å². The number of fused-ring (bicyclic) bond motifs is 1. The van der Waals surface area contributed by atoms with Gasteiger partial charge in [0.2, 0.25) is 0 Å². The molecule has 5 rings (SSSR count). The van der Waals surface area contributed by atoms with Crippen LogP contribution >= 0.6 is 0 Å². The number of phenols is 2. The number of carbonyl (C=O) groups is 2. The maximum Gasteiger partial charge on any atom is 0.339 e. The summed E-state index contributed by atoms with van der Waals surface area (Å²) in [5, 5.41) is 48.5. The largest absolute Gasteiger partial charge is 0.507 e. The molecule has 0 radical (unpaired) electrons. The Morgan fingerprint density at radius 3 is 1.98 bits per heavy atom. The summed E-state index contributed by atoms with van der Waals surface area (Å²) in [5.74, 6) is -2.66. The number of carbonyl (C=O) groups excluding carboxylic acids is 1. The minimum Gasteiger partial charge on any atom is -0.507 e. The summed E-state index contributed by atoms with van der Waals surface area (Å²) < 4.78 is 33.7. The van der Waals surface area contributed by atoms with Crippen molar-refractivity contribution in [3.63, 3.8) is 0 Å². The van der Waals surface area contributed by atoms with E-state index in [1.807, 2.05) is 0 Å². The van der Waals surface area contributed by atoms with E-state index < -0.39 is 44.1 Å². The predicted octanol–water partition coefficient (Wildman–Crippen LogP) is 6.86. The van der Waals surface area contributed by atoms with Gasteiger partial charge in [-0.3, -0.25) is 9.35 Å². The summed E-state index contributed by atoms with van der Waals surface area (Å²) in [6.07, 6.45) is 0. The van der Waals surface area contributed by atoms with Gasteiger partial charge in [-0.25, -0.2) is 4.79 Å². The number of azo groups is 2. The number of carboxylic acids is 1. The molecule has 45 heavy (non-hydrogen) atoms. The molecule has 0 heterocycles. The molecule has 0 aliphatic rings. The number of anilines is 2. The van der Waals surface area contributed by atoms with Gasteiger partial charge in [-0.05, 0) is 90.3 Å². The van der Waals surface area contributed by atoms with E-state index in [9.17, 15) is 32.8 Å². The Hall–Kier alpha value is -6.19. The van der Waals surface area contributed by atoms with Crippen molar-refractivity contribution in [2.45, 2.75) is 4.90 Å². The molecule has 226 valence electrons. The van der Waals surface area contributed by atoms with E-state index in [4.69, 9.17) is 10.8 Å². The second-order valence-electron chi connectivity index (χ2n) is 9.48. The highest BCUT2D eigenvalue weighted by molar-refractivity contribution is 7.86. The van der Waals surface area contributed by atoms with Crippen LogP contribution in [-0.4, -0.2) is 40.2 Å². The highest BCUT2D eigenvalue weighted by Crippen LogP contribution is 2.42. The third-order valence-electron chi connectivity index (χ3n) is 6.37. The van der Waals surface area contributed by atoms with Crippen LogP contribution in [0.5, 0.6) is 11.5 Å². The average Bonchev–Trinajstić information content (AvgIpc) is 3.00. The fourth-order valence-corrected chi connectivity index (χ4v) is 4.78. The number of phenolic OH excluding ortho intramolecular Hbond substituents is 1. The third-order valence-corrected chi connectivity index (χ3v) is 7.23. The van der Waals surface area contributed by atoms with Gasteiger partial charge in [-0.15, -0.1) is 5.11 Å². The zero-order valence-electron chi connectivity index (χ0n) is 22.9. The van der Waals surface area contributed by atoms with Crippen molar-refractivity contribution < 1.29 is 37.9 Å². The third kappa shape index (κ3) is 6.90. The molecule has 14 nitrogen and oxygen atoms in total. The fourth-order valence-electron chi connectivity index (χ4n) is 4.13. The number of rotatable bonds is 8. The van der Waals surface area contributed by atoms with Gasteiger partial charge in [0.05, 0.1) is 17.1 Å². The average molecular weight is 627 g/mol. The van der Waals surface area contributed by atoms with Crippen LogP contribution in [0, 0.1) is 0 Å². The van der Waals surface area contributed by atoms with E-state index in [1.54, 1.807) is 0 Å². The fraction of sp³-hybridized carbons (Fsp3) is 0. The van der Waals surface area contributed by atoms with Crippen LogP contribution in [0.1, 0.15) is 20.7 Å². The molecule has 0 spiro atoms. The molecule has 5 aromatic rings. The molecular formula is C30H22N6O8S. The lowest BCUT2D eigenvalue weighted by Crippen LogP contribution is -2.11. The van der Waals surface area contributed by atoms with Crippen LogP contribution in [0.2, 0.25) is 0 Å². The second-order valence-corrected chi connectivity index (χ2v) is 10.9. The predicted molar refractivity (Wildman–Crippen MR) is 164 cm³/mol. The van der Waals surface area contributed by atoms with Gasteiger partial charge in [0, 0.05) is 22.3 Å². The molecular weight excluding hydrogens is 604 g/mol. The van der Waals surface area contributed by atoms with Gasteiger partial charge in [0.25, 0.3) is 16.0 Å². The molecule has 0 aliphatic carbocycles. The van der Waals surface area contributed by atoms with Gasteiger partial charge in [0.1, 0.15) is 21.9 Å². The molecule has 0 unspecified atom stereocenters. The minimum absolute atomic E-state index is 0.216. The summed E-state index contributed by atoms with van der Waals surface area (Å²) in [6.45, 7) is 0. The Morgan fingerprint density at radius 2 is 1.33 bits per heavy atom. The lowest BCUT2D eigenvalue weighted by Gasteiger charge is -2.09. The SMILES string of the molecule is Nc1ccc2cc(S(=O)(=O)O)c(N=Nc3ccc(NC(=O)c4ccc(N=Nc5ccc(O)c(C(=O)O)c5)cc4)cc3)c(O)c2c1. The van der Waals surface area contributed by atoms with Crippen molar-refractivity contribution in [2.75, 3.05) is 11.1 Å². The zero-order valence-corrected chi connectivity index (χ0v) is 23.7. The maximum absolute atomic E-state index is 12.7. The van der Waals surface area contributed by atoms with E-state index in [1.165, 1.54) is 84.9 Å². The molecule has 0 bridgehead atoms. The summed E-state index contributed by atoms with van der Waals surface area (Å²) >= 11 is 0. The van der Waals surface area contributed by atoms with E-state index in [0.29, 0.717) is 28.0 Å². The van der Waals surface area contributed by atoms with Crippen molar-refractivity contribution in [1.82, 2.24) is 0 Å². The van der Waals surface area contributed by atoms with E-state index in [-0.39, 0.29) is 22.3 Å². The standard InChI is InChI=1S/C30H22N6O8S/c31-18-4-1-17-13-26(45(42,43)44)27(28(38)23(17)14-18)36-34-21-9-7-19(8-10-21)32-29(39)16-2-5-20(6-3-16)33-35-22-11-12-25(37)24(15-22)30(40)41/h1-15,37-38H,31H2,(H,32,39)(H,40,41)(H,42,43,44). The van der Waals surface area contributed by atoms with Crippen molar-refractivity contribution in [3.8, 4) is 11.5 Å². The number of carboxylic acid groups (broad SMARTS) is 1. The van der Waals surface area contributed by atoms with E-state index >= 15 is 0 Å². The molecule has 0 saturated carbocycles. The number of aromatic hydroxyl groups is 2. The smallest absolute Gasteiger partial charge is 0.339 e. The van der Waals surface area contributed by atoms with Crippen LogP contribution in [0.4, 0.5) is 34.1 Å². The van der Waals surface area contributed by atoms with Crippen molar-refractivity contribution in [2.24, 2.45) is 20.5 Å². The van der Waals surface area contributed by atoms with Crippen LogP contribution in [0.3, 0.4) is 0 Å². The number of amides is 1.